The van der Waals surface area contributed by atoms with Crippen molar-refractivity contribution < 1.29 is 0 Å². The lowest BCUT2D eigenvalue weighted by Crippen LogP contribution is -1.75. The van der Waals surface area contributed by atoms with Crippen molar-refractivity contribution in [2.75, 3.05) is 0 Å². The molecule has 0 bridgehead atoms. The topological polar surface area (TPSA) is 24.7 Å². The zero-order valence-corrected chi connectivity index (χ0v) is 9.30. The predicted molar refractivity (Wildman–Crippen MR) is 66.4 cm³/mol. The molecular formula is C14H14N2. The normalized spacial score (nSPS) is 10.8. The average Bonchev–Trinajstić information content (AvgIpc) is 2.38. The Bertz CT molecular complexity index is 458. The van der Waals surface area contributed by atoms with Gasteiger partial charge in [0, 0.05) is 0 Å². The number of hydrogen-bond acceptors (Lipinski definition) is 2. The van der Waals surface area contributed by atoms with E-state index >= 15 is 0 Å². The minimum atomic E-state index is 0.877. The number of azo groups is 1. The molecule has 2 aromatic carbocycles. The maximum atomic E-state index is 4.18. The van der Waals surface area contributed by atoms with Crippen LogP contribution in [0.25, 0.3) is 0 Å². The van der Waals surface area contributed by atoms with Gasteiger partial charge in [-0.05, 0) is 36.2 Å². The molecule has 0 saturated heterocycles. The smallest absolute Gasteiger partial charge is 0.0857 e. The molecule has 0 radical (unpaired) electrons. The van der Waals surface area contributed by atoms with Crippen LogP contribution in [-0.4, -0.2) is 0 Å². The number of nitrogens with zero attached hydrogens (tertiary/aromatic N) is 2. The van der Waals surface area contributed by atoms with Gasteiger partial charge in [0.15, 0.2) is 0 Å². The van der Waals surface area contributed by atoms with Crippen molar-refractivity contribution in [2.24, 2.45) is 10.2 Å². The van der Waals surface area contributed by atoms with Gasteiger partial charge in [-0.1, -0.05) is 37.3 Å². The average molecular weight is 210 g/mol. The molecule has 2 aromatic rings. The first kappa shape index (κ1) is 10.6. The van der Waals surface area contributed by atoms with Crippen molar-refractivity contribution in [1.29, 1.82) is 0 Å². The van der Waals surface area contributed by atoms with Gasteiger partial charge >= 0.3 is 0 Å². The zero-order valence-electron chi connectivity index (χ0n) is 9.30. The van der Waals surface area contributed by atoms with Crippen molar-refractivity contribution in [3.8, 4) is 0 Å². The third kappa shape index (κ3) is 2.76. The molecule has 0 atom stereocenters. The minimum absolute atomic E-state index is 0.877. The minimum Gasteiger partial charge on any atom is -0.151 e. The van der Waals surface area contributed by atoms with Crippen LogP contribution >= 0.6 is 0 Å². The SMILES string of the molecule is CCc1ccc(/N=N/c2ccccc2)cc1. The van der Waals surface area contributed by atoms with Crippen molar-refractivity contribution >= 4 is 11.4 Å². The summed E-state index contributed by atoms with van der Waals surface area (Å²) in [6.07, 6.45) is 1.05. The molecule has 0 aliphatic heterocycles. The highest BCUT2D eigenvalue weighted by atomic mass is 15.1. The van der Waals surface area contributed by atoms with Crippen molar-refractivity contribution in [3.63, 3.8) is 0 Å². The third-order valence-corrected chi connectivity index (χ3v) is 2.38. The highest BCUT2D eigenvalue weighted by Crippen LogP contribution is 2.18. The summed E-state index contributed by atoms with van der Waals surface area (Å²) in [7, 11) is 0. The van der Waals surface area contributed by atoms with Gasteiger partial charge in [-0.15, -0.1) is 0 Å². The first-order chi connectivity index (χ1) is 7.88. The Labute approximate surface area is 95.7 Å². The van der Waals surface area contributed by atoms with Gasteiger partial charge in [-0.2, -0.15) is 10.2 Å². The summed E-state index contributed by atoms with van der Waals surface area (Å²) in [4.78, 5) is 0. The number of rotatable bonds is 3. The van der Waals surface area contributed by atoms with Crippen LogP contribution in [0.15, 0.2) is 64.8 Å². The van der Waals surface area contributed by atoms with E-state index < -0.39 is 0 Å². The van der Waals surface area contributed by atoms with E-state index in [1.807, 2.05) is 42.5 Å². The number of hydrogen-bond donors (Lipinski definition) is 0. The molecule has 0 heterocycles. The van der Waals surface area contributed by atoms with E-state index in [0.717, 1.165) is 17.8 Å². The van der Waals surface area contributed by atoms with E-state index in [1.54, 1.807) is 0 Å². The van der Waals surface area contributed by atoms with Gasteiger partial charge in [0.05, 0.1) is 11.4 Å². The predicted octanol–water partition coefficient (Wildman–Crippen LogP) is 4.66. The van der Waals surface area contributed by atoms with Gasteiger partial charge < -0.3 is 0 Å². The lowest BCUT2D eigenvalue weighted by Gasteiger charge is -1.96. The first-order valence-corrected chi connectivity index (χ1v) is 5.44. The largest absolute Gasteiger partial charge is 0.151 e. The second-order valence-corrected chi connectivity index (χ2v) is 3.56. The maximum Gasteiger partial charge on any atom is 0.0857 e. The summed E-state index contributed by atoms with van der Waals surface area (Å²) in [5, 5.41) is 8.33. The summed E-state index contributed by atoms with van der Waals surface area (Å²) in [6.45, 7) is 2.14. The van der Waals surface area contributed by atoms with E-state index in [0.29, 0.717) is 0 Å². The van der Waals surface area contributed by atoms with Gasteiger partial charge in [0.1, 0.15) is 0 Å². The molecule has 0 saturated carbocycles. The molecule has 0 N–H and O–H groups in total. The fraction of sp³-hybridized carbons (Fsp3) is 0.143. The molecule has 2 rings (SSSR count). The molecule has 0 unspecified atom stereocenters. The lowest BCUT2D eigenvalue weighted by molar-refractivity contribution is 1.13. The first-order valence-electron chi connectivity index (χ1n) is 5.44. The van der Waals surface area contributed by atoms with E-state index in [-0.39, 0.29) is 0 Å². The lowest BCUT2D eigenvalue weighted by atomic mass is 10.2. The monoisotopic (exact) mass is 210 g/mol. The van der Waals surface area contributed by atoms with Crippen LogP contribution in [0.4, 0.5) is 11.4 Å². The van der Waals surface area contributed by atoms with E-state index in [1.165, 1.54) is 5.56 Å². The fourth-order valence-electron chi connectivity index (χ4n) is 1.41. The van der Waals surface area contributed by atoms with Gasteiger partial charge in [0.25, 0.3) is 0 Å². The molecule has 0 amide bonds. The van der Waals surface area contributed by atoms with Gasteiger partial charge in [0.2, 0.25) is 0 Å². The Morgan fingerprint density at radius 2 is 1.31 bits per heavy atom. The van der Waals surface area contributed by atoms with Crippen molar-refractivity contribution in [2.45, 2.75) is 13.3 Å². The molecule has 2 nitrogen and oxygen atoms in total. The molecule has 0 aliphatic carbocycles. The molecule has 2 heteroatoms. The highest BCUT2D eigenvalue weighted by molar-refractivity contribution is 5.40. The summed E-state index contributed by atoms with van der Waals surface area (Å²) < 4.78 is 0. The Morgan fingerprint density at radius 3 is 1.88 bits per heavy atom. The summed E-state index contributed by atoms with van der Waals surface area (Å²) >= 11 is 0. The molecule has 0 fully saturated rings. The van der Waals surface area contributed by atoms with E-state index in [4.69, 9.17) is 0 Å². The molecular weight excluding hydrogens is 196 g/mol. The third-order valence-electron chi connectivity index (χ3n) is 2.38. The van der Waals surface area contributed by atoms with Crippen LogP contribution in [0.5, 0.6) is 0 Å². The van der Waals surface area contributed by atoms with Gasteiger partial charge in [-0.3, -0.25) is 0 Å². The fourth-order valence-corrected chi connectivity index (χ4v) is 1.41. The Hall–Kier alpha value is -1.96. The van der Waals surface area contributed by atoms with Crippen LogP contribution in [-0.2, 0) is 6.42 Å². The molecule has 0 spiro atoms. The van der Waals surface area contributed by atoms with Crippen LogP contribution in [0.3, 0.4) is 0 Å². The van der Waals surface area contributed by atoms with Crippen LogP contribution in [0.1, 0.15) is 12.5 Å². The number of aryl methyl sites for hydroxylation is 1. The van der Waals surface area contributed by atoms with Crippen LogP contribution in [0.2, 0.25) is 0 Å². The Morgan fingerprint density at radius 1 is 0.750 bits per heavy atom. The number of benzene rings is 2. The summed E-state index contributed by atoms with van der Waals surface area (Å²) in [5.41, 5.74) is 3.08. The molecule has 16 heavy (non-hydrogen) atoms. The standard InChI is InChI=1S/C14H14N2/c1-2-12-8-10-14(11-9-12)16-15-13-6-4-3-5-7-13/h3-11H,2H2,1H3/b16-15+. The second-order valence-electron chi connectivity index (χ2n) is 3.56. The van der Waals surface area contributed by atoms with Crippen LogP contribution < -0.4 is 0 Å². The van der Waals surface area contributed by atoms with Crippen molar-refractivity contribution in [3.05, 3.63) is 60.2 Å². The zero-order chi connectivity index (χ0) is 11.2. The second kappa shape index (κ2) is 5.21. The molecule has 0 aliphatic rings. The van der Waals surface area contributed by atoms with E-state index in [2.05, 4.69) is 29.3 Å². The molecule has 80 valence electrons. The summed E-state index contributed by atoms with van der Waals surface area (Å²) in [6, 6.07) is 17.9. The Balaban J connectivity index is 2.12. The van der Waals surface area contributed by atoms with Crippen molar-refractivity contribution in [1.82, 2.24) is 0 Å². The van der Waals surface area contributed by atoms with Gasteiger partial charge in [-0.25, -0.2) is 0 Å². The quantitative estimate of drug-likeness (QED) is 0.658. The highest BCUT2D eigenvalue weighted by Gasteiger charge is 1.91. The van der Waals surface area contributed by atoms with E-state index in [9.17, 15) is 0 Å². The summed E-state index contributed by atoms with van der Waals surface area (Å²) in [5.74, 6) is 0. The Kier molecular flexibility index (Phi) is 3.44. The van der Waals surface area contributed by atoms with Crippen LogP contribution in [0, 0.1) is 0 Å². The molecule has 0 aromatic heterocycles. The maximum absolute atomic E-state index is 4.18.